The number of hydrogen-bond donors (Lipinski definition) is 4. The van der Waals surface area contributed by atoms with Crippen LogP contribution in [0.3, 0.4) is 0 Å². The lowest BCUT2D eigenvalue weighted by Crippen LogP contribution is -2.38. The zero-order chi connectivity index (χ0) is 14.9. The molecular weight excluding hydrogens is 260 g/mol. The summed E-state index contributed by atoms with van der Waals surface area (Å²) in [6.07, 6.45) is -0.793. The zero-order valence-electron chi connectivity index (χ0n) is 11.9. The number of aliphatic hydroxyl groups is 1. The summed E-state index contributed by atoms with van der Waals surface area (Å²) in [5.41, 5.74) is 0.635. The number of aliphatic hydroxyl groups excluding tert-OH is 1. The molecule has 0 saturated carbocycles. The van der Waals surface area contributed by atoms with E-state index < -0.39 is 6.10 Å². The number of rotatable bonds is 3. The van der Waals surface area contributed by atoms with Crippen LogP contribution in [0.5, 0.6) is 11.5 Å². The van der Waals surface area contributed by atoms with E-state index in [1.165, 1.54) is 6.07 Å². The van der Waals surface area contributed by atoms with E-state index in [9.17, 15) is 15.0 Å². The first kappa shape index (κ1) is 14.6. The quantitative estimate of drug-likeness (QED) is 0.623. The van der Waals surface area contributed by atoms with Crippen molar-refractivity contribution in [3.63, 3.8) is 0 Å². The lowest BCUT2D eigenvalue weighted by molar-refractivity contribution is -0.118. The van der Waals surface area contributed by atoms with Gasteiger partial charge in [0.15, 0.2) is 12.4 Å². The normalized spacial score (nSPS) is 16.1. The number of nitrogens with one attached hydrogen (secondary N) is 2. The van der Waals surface area contributed by atoms with Gasteiger partial charge in [0.1, 0.15) is 11.4 Å². The highest BCUT2D eigenvalue weighted by Crippen LogP contribution is 2.41. The third kappa shape index (κ3) is 3.20. The molecule has 0 aliphatic carbocycles. The Kier molecular flexibility index (Phi) is 3.87. The average Bonchev–Trinajstić information content (AvgIpc) is 2.36. The Morgan fingerprint density at radius 2 is 2.15 bits per heavy atom. The smallest absolute Gasteiger partial charge is 0.262 e. The van der Waals surface area contributed by atoms with Crippen LogP contribution in [0, 0.1) is 0 Å². The summed E-state index contributed by atoms with van der Waals surface area (Å²) in [5, 5.41) is 25.8. The van der Waals surface area contributed by atoms with Gasteiger partial charge in [-0.05, 0) is 32.9 Å². The number of β-amino-alcohol motifs (C(OH)–C–C–N with tert-alkyl or cyclic N) is 1. The standard InChI is InChI=1S/C14H20N2O4/c1-14(2,3)15-6-10(18)8-4-5-9(17)12-13(8)20-7-11(19)16-12/h4-5,10,15,17-18H,6-7H2,1-3H3,(H,16,19). The number of anilines is 1. The highest BCUT2D eigenvalue weighted by molar-refractivity contribution is 5.97. The van der Waals surface area contributed by atoms with E-state index in [0.29, 0.717) is 17.9 Å². The molecule has 0 radical (unpaired) electrons. The number of phenols is 1. The number of ether oxygens (including phenoxy) is 1. The SMILES string of the molecule is CC(C)(C)NCC(O)c1ccc(O)c2c1OCC(=O)N2. The summed E-state index contributed by atoms with van der Waals surface area (Å²) in [7, 11) is 0. The van der Waals surface area contributed by atoms with Crippen molar-refractivity contribution in [1.82, 2.24) is 5.32 Å². The minimum absolute atomic E-state index is 0.0761. The predicted octanol–water partition coefficient (Wildman–Crippen LogP) is 1.14. The molecule has 6 heteroatoms. The number of benzene rings is 1. The van der Waals surface area contributed by atoms with Crippen LogP contribution in [0.1, 0.15) is 32.4 Å². The number of fused-ring (bicyclic) bond motifs is 1. The summed E-state index contributed by atoms with van der Waals surface area (Å²) >= 11 is 0. The van der Waals surface area contributed by atoms with Crippen LogP contribution >= 0.6 is 0 Å². The lowest BCUT2D eigenvalue weighted by atomic mass is 10.0. The molecule has 1 atom stereocenters. The van der Waals surface area contributed by atoms with Crippen molar-refractivity contribution in [2.75, 3.05) is 18.5 Å². The molecule has 1 amide bonds. The summed E-state index contributed by atoms with van der Waals surface area (Å²) in [5.74, 6) is -0.0761. The second-order valence-electron chi connectivity index (χ2n) is 5.86. The van der Waals surface area contributed by atoms with Crippen molar-refractivity contribution in [2.24, 2.45) is 0 Å². The molecule has 1 aliphatic rings. The van der Waals surface area contributed by atoms with E-state index in [-0.39, 0.29) is 29.5 Å². The third-order valence-corrected chi connectivity index (χ3v) is 2.96. The molecule has 0 aromatic heterocycles. The van der Waals surface area contributed by atoms with Gasteiger partial charge in [-0.3, -0.25) is 4.79 Å². The van der Waals surface area contributed by atoms with E-state index in [1.54, 1.807) is 6.07 Å². The van der Waals surface area contributed by atoms with Crippen LogP contribution in [0.4, 0.5) is 5.69 Å². The fourth-order valence-electron chi connectivity index (χ4n) is 1.95. The van der Waals surface area contributed by atoms with Gasteiger partial charge in [-0.2, -0.15) is 0 Å². The van der Waals surface area contributed by atoms with Gasteiger partial charge in [-0.25, -0.2) is 0 Å². The van der Waals surface area contributed by atoms with Gasteiger partial charge in [-0.1, -0.05) is 0 Å². The fourth-order valence-corrected chi connectivity index (χ4v) is 1.95. The van der Waals surface area contributed by atoms with E-state index in [4.69, 9.17) is 4.74 Å². The van der Waals surface area contributed by atoms with Crippen molar-refractivity contribution < 1.29 is 19.7 Å². The Balaban J connectivity index is 2.24. The number of carbonyl (C=O) groups is 1. The zero-order valence-corrected chi connectivity index (χ0v) is 11.9. The molecule has 110 valence electrons. The number of aromatic hydroxyl groups is 1. The monoisotopic (exact) mass is 280 g/mol. The number of hydrogen-bond acceptors (Lipinski definition) is 5. The molecule has 0 bridgehead atoms. The highest BCUT2D eigenvalue weighted by Gasteiger charge is 2.26. The van der Waals surface area contributed by atoms with Gasteiger partial charge in [0, 0.05) is 17.6 Å². The van der Waals surface area contributed by atoms with Gasteiger partial charge in [0.25, 0.3) is 5.91 Å². The van der Waals surface area contributed by atoms with Gasteiger partial charge in [0.2, 0.25) is 0 Å². The minimum Gasteiger partial charge on any atom is -0.506 e. The first-order valence-corrected chi connectivity index (χ1v) is 6.49. The molecular formula is C14H20N2O4. The van der Waals surface area contributed by atoms with Gasteiger partial charge < -0.3 is 25.6 Å². The van der Waals surface area contributed by atoms with E-state index in [0.717, 1.165) is 0 Å². The van der Waals surface area contributed by atoms with Crippen LogP contribution in [-0.4, -0.2) is 34.8 Å². The largest absolute Gasteiger partial charge is 0.506 e. The molecule has 1 heterocycles. The number of carbonyl (C=O) groups excluding carboxylic acids is 1. The molecule has 0 saturated heterocycles. The summed E-state index contributed by atoms with van der Waals surface area (Å²) in [6.45, 7) is 6.23. The van der Waals surface area contributed by atoms with Crippen molar-refractivity contribution in [3.8, 4) is 11.5 Å². The summed E-state index contributed by atoms with van der Waals surface area (Å²) in [6, 6.07) is 3.03. The highest BCUT2D eigenvalue weighted by atomic mass is 16.5. The predicted molar refractivity (Wildman–Crippen MR) is 74.9 cm³/mol. The maximum atomic E-state index is 11.3. The maximum Gasteiger partial charge on any atom is 0.262 e. The van der Waals surface area contributed by atoms with Crippen molar-refractivity contribution in [3.05, 3.63) is 17.7 Å². The Hall–Kier alpha value is -1.79. The molecule has 4 N–H and O–H groups in total. The van der Waals surface area contributed by atoms with E-state index in [1.807, 2.05) is 20.8 Å². The Morgan fingerprint density at radius 3 is 2.80 bits per heavy atom. The molecule has 1 aromatic carbocycles. The van der Waals surface area contributed by atoms with Gasteiger partial charge in [-0.15, -0.1) is 0 Å². The molecule has 0 spiro atoms. The molecule has 6 nitrogen and oxygen atoms in total. The molecule has 0 fully saturated rings. The summed E-state index contributed by atoms with van der Waals surface area (Å²) < 4.78 is 5.34. The number of phenolic OH excluding ortho intramolecular Hbond substituents is 1. The molecule has 2 rings (SSSR count). The van der Waals surface area contributed by atoms with E-state index >= 15 is 0 Å². The number of amides is 1. The topological polar surface area (TPSA) is 90.8 Å². The molecule has 20 heavy (non-hydrogen) atoms. The molecule has 1 unspecified atom stereocenters. The van der Waals surface area contributed by atoms with Crippen LogP contribution in [-0.2, 0) is 4.79 Å². The van der Waals surface area contributed by atoms with Crippen LogP contribution < -0.4 is 15.4 Å². The third-order valence-electron chi connectivity index (χ3n) is 2.96. The van der Waals surface area contributed by atoms with Crippen LogP contribution in [0.15, 0.2) is 12.1 Å². The Labute approximate surface area is 117 Å². The minimum atomic E-state index is -0.793. The van der Waals surface area contributed by atoms with Crippen LogP contribution in [0.25, 0.3) is 0 Å². The Bertz CT molecular complexity index is 523. The second-order valence-corrected chi connectivity index (χ2v) is 5.86. The second kappa shape index (κ2) is 5.30. The molecule has 1 aliphatic heterocycles. The van der Waals surface area contributed by atoms with E-state index in [2.05, 4.69) is 10.6 Å². The first-order chi connectivity index (χ1) is 9.28. The first-order valence-electron chi connectivity index (χ1n) is 6.49. The van der Waals surface area contributed by atoms with Gasteiger partial charge in [0.05, 0.1) is 6.10 Å². The lowest BCUT2D eigenvalue weighted by Gasteiger charge is -2.26. The van der Waals surface area contributed by atoms with Crippen molar-refractivity contribution in [2.45, 2.75) is 32.4 Å². The summed E-state index contributed by atoms with van der Waals surface area (Å²) in [4.78, 5) is 11.3. The van der Waals surface area contributed by atoms with Gasteiger partial charge >= 0.3 is 0 Å². The average molecular weight is 280 g/mol. The van der Waals surface area contributed by atoms with Crippen LogP contribution in [0.2, 0.25) is 0 Å². The van der Waals surface area contributed by atoms with Crippen molar-refractivity contribution in [1.29, 1.82) is 0 Å². The molecule has 1 aromatic rings. The maximum absolute atomic E-state index is 11.3. The fraction of sp³-hybridized carbons (Fsp3) is 0.500. The van der Waals surface area contributed by atoms with Crippen molar-refractivity contribution >= 4 is 11.6 Å². The Morgan fingerprint density at radius 1 is 1.45 bits per heavy atom.